The molecule has 206 valence electrons. The molecule has 1 saturated carbocycles. The summed E-state index contributed by atoms with van der Waals surface area (Å²) >= 11 is 1.70. The lowest BCUT2D eigenvalue weighted by molar-refractivity contribution is 0.111. The number of pyridine rings is 2. The maximum absolute atomic E-state index is 14.0. The lowest BCUT2D eigenvalue weighted by atomic mass is 9.95. The fourth-order valence-electron chi connectivity index (χ4n) is 6.00. The molecule has 0 radical (unpaired) electrons. The van der Waals surface area contributed by atoms with Gasteiger partial charge in [-0.3, -0.25) is 9.69 Å². The van der Waals surface area contributed by atoms with Gasteiger partial charge in [0.05, 0.1) is 22.9 Å². The number of halogens is 1. The van der Waals surface area contributed by atoms with Crippen LogP contribution >= 0.6 is 11.3 Å². The second-order valence-electron chi connectivity index (χ2n) is 10.9. The first-order valence-corrected chi connectivity index (χ1v) is 14.9. The van der Waals surface area contributed by atoms with Crippen LogP contribution in [0.3, 0.4) is 0 Å². The van der Waals surface area contributed by atoms with Gasteiger partial charge in [0.1, 0.15) is 28.1 Å². The second-order valence-corrected chi connectivity index (χ2v) is 11.8. The highest BCUT2D eigenvalue weighted by molar-refractivity contribution is 7.09. The van der Waals surface area contributed by atoms with E-state index in [1.54, 1.807) is 35.1 Å². The van der Waals surface area contributed by atoms with Crippen molar-refractivity contribution in [2.75, 3.05) is 18.0 Å². The molecular formula is C31H33FN6OS. The molecule has 0 N–H and O–H groups in total. The van der Waals surface area contributed by atoms with E-state index >= 15 is 0 Å². The average molecular weight is 557 g/mol. The number of hydrogen-bond donors (Lipinski definition) is 0. The highest BCUT2D eigenvalue weighted by Gasteiger charge is 2.39. The lowest BCUT2D eigenvalue weighted by Gasteiger charge is -2.49. The van der Waals surface area contributed by atoms with Gasteiger partial charge in [0.25, 0.3) is 5.56 Å². The summed E-state index contributed by atoms with van der Waals surface area (Å²) in [7, 11) is 1.74. The highest BCUT2D eigenvalue weighted by Crippen LogP contribution is 2.43. The summed E-state index contributed by atoms with van der Waals surface area (Å²) in [5, 5.41) is 12.8. The zero-order valence-corrected chi connectivity index (χ0v) is 23.9. The minimum Gasteiger partial charge on any atom is -0.364 e. The minimum absolute atomic E-state index is 0.0806. The van der Waals surface area contributed by atoms with E-state index in [0.29, 0.717) is 29.2 Å². The van der Waals surface area contributed by atoms with E-state index < -0.39 is 0 Å². The monoisotopic (exact) mass is 556 g/mol. The Labute approximate surface area is 237 Å². The fraction of sp³-hybridized carbons (Fsp3) is 0.419. The molecule has 0 amide bonds. The van der Waals surface area contributed by atoms with Crippen molar-refractivity contribution >= 4 is 28.1 Å². The summed E-state index contributed by atoms with van der Waals surface area (Å²) in [6.07, 6.45) is 4.16. The van der Waals surface area contributed by atoms with E-state index in [2.05, 4.69) is 40.1 Å². The van der Waals surface area contributed by atoms with Crippen molar-refractivity contribution in [3.63, 3.8) is 0 Å². The molecular weight excluding hydrogens is 523 g/mol. The molecule has 1 aliphatic heterocycles. The van der Waals surface area contributed by atoms with Crippen LogP contribution in [0.2, 0.25) is 0 Å². The molecule has 3 aromatic heterocycles. The quantitative estimate of drug-likeness (QED) is 0.289. The van der Waals surface area contributed by atoms with Crippen LogP contribution in [0.1, 0.15) is 73.4 Å². The number of aryl methyl sites for hydroxylation is 1. The van der Waals surface area contributed by atoms with Crippen molar-refractivity contribution in [1.82, 2.24) is 19.4 Å². The standard InChI is InChI=1S/C31H33FN6OS/c1-4-23-17-38(30(20-8-10-21(32)11-9-20)31-35-25(18-40-31)19-6-7-19)24(5-2)16-37(23)27-14-28(39)36(3)26-13-12-22(15-33)34-29(26)27/h8-14,18-19,23-24,30H,4-7,16-17H2,1-3H3/t23-,24?,30?/m0/s1. The molecule has 0 bridgehead atoms. The molecule has 4 aromatic rings. The van der Waals surface area contributed by atoms with Crippen LogP contribution in [0.15, 0.2) is 52.6 Å². The Balaban J connectivity index is 1.43. The second kappa shape index (κ2) is 10.8. The number of anilines is 1. The summed E-state index contributed by atoms with van der Waals surface area (Å²) in [6, 6.07) is 14.3. The smallest absolute Gasteiger partial charge is 0.252 e. The van der Waals surface area contributed by atoms with Gasteiger partial charge in [-0.25, -0.2) is 14.4 Å². The lowest BCUT2D eigenvalue weighted by Crippen LogP contribution is -2.59. The SMILES string of the molecule is CCC1CN(c2cc(=O)n(C)c3ccc(C#N)nc23)[C@@H](CC)CN1C(c1ccc(F)cc1)c1nc(C2CC2)cs1. The topological polar surface area (TPSA) is 78.0 Å². The largest absolute Gasteiger partial charge is 0.364 e. The van der Waals surface area contributed by atoms with Gasteiger partial charge in [-0.1, -0.05) is 26.0 Å². The molecule has 4 heterocycles. The first-order chi connectivity index (χ1) is 19.4. The van der Waals surface area contributed by atoms with E-state index in [0.717, 1.165) is 35.6 Å². The maximum atomic E-state index is 14.0. The van der Waals surface area contributed by atoms with Crippen LogP contribution in [0.4, 0.5) is 10.1 Å². The number of nitrogens with zero attached hydrogens (tertiary/aromatic N) is 6. The Kier molecular flexibility index (Phi) is 7.15. The van der Waals surface area contributed by atoms with E-state index in [1.807, 2.05) is 18.2 Å². The summed E-state index contributed by atoms with van der Waals surface area (Å²) in [5.41, 5.74) is 4.62. The average Bonchev–Trinajstić information content (AvgIpc) is 3.72. The molecule has 2 fully saturated rings. The van der Waals surface area contributed by atoms with Gasteiger partial charge >= 0.3 is 0 Å². The van der Waals surface area contributed by atoms with E-state index in [-0.39, 0.29) is 29.5 Å². The number of benzene rings is 1. The Morgan fingerprint density at radius 1 is 1.07 bits per heavy atom. The molecule has 2 unspecified atom stereocenters. The third-order valence-corrected chi connectivity index (χ3v) is 9.38. The molecule has 3 atom stereocenters. The van der Waals surface area contributed by atoms with Crippen LogP contribution in [0.5, 0.6) is 0 Å². The number of fused-ring (bicyclic) bond motifs is 1. The van der Waals surface area contributed by atoms with Gasteiger partial charge in [-0.05, 0) is 55.5 Å². The Morgan fingerprint density at radius 2 is 1.82 bits per heavy atom. The molecule has 7 nitrogen and oxygen atoms in total. The summed E-state index contributed by atoms with van der Waals surface area (Å²) < 4.78 is 15.6. The summed E-state index contributed by atoms with van der Waals surface area (Å²) in [6.45, 7) is 5.81. The zero-order valence-electron chi connectivity index (χ0n) is 23.0. The van der Waals surface area contributed by atoms with Crippen LogP contribution in [0, 0.1) is 17.1 Å². The predicted octanol–water partition coefficient (Wildman–Crippen LogP) is 5.75. The van der Waals surface area contributed by atoms with Gasteiger partial charge in [-0.15, -0.1) is 11.3 Å². The van der Waals surface area contributed by atoms with Crippen molar-refractivity contribution < 1.29 is 4.39 Å². The Bertz CT molecular complexity index is 1640. The van der Waals surface area contributed by atoms with Crippen LogP contribution in [-0.4, -0.2) is 44.6 Å². The van der Waals surface area contributed by atoms with Gasteiger partial charge in [-0.2, -0.15) is 5.26 Å². The molecule has 2 aliphatic rings. The minimum atomic E-state index is -0.245. The third-order valence-electron chi connectivity index (χ3n) is 8.46. The van der Waals surface area contributed by atoms with Crippen molar-refractivity contribution in [3.8, 4) is 6.07 Å². The number of aromatic nitrogens is 3. The number of nitriles is 1. The zero-order chi connectivity index (χ0) is 28.0. The van der Waals surface area contributed by atoms with E-state index in [4.69, 9.17) is 4.98 Å². The first-order valence-electron chi connectivity index (χ1n) is 14.1. The van der Waals surface area contributed by atoms with Gasteiger partial charge in [0.2, 0.25) is 0 Å². The molecule has 1 aromatic carbocycles. The van der Waals surface area contributed by atoms with Crippen molar-refractivity contribution in [3.05, 3.63) is 86.0 Å². The maximum Gasteiger partial charge on any atom is 0.252 e. The predicted molar refractivity (Wildman–Crippen MR) is 156 cm³/mol. The normalized spacial score (nSPS) is 20.5. The third kappa shape index (κ3) is 4.80. The van der Waals surface area contributed by atoms with Crippen LogP contribution in [-0.2, 0) is 7.05 Å². The molecule has 1 aliphatic carbocycles. The van der Waals surface area contributed by atoms with Crippen molar-refractivity contribution in [2.45, 2.75) is 63.6 Å². The Morgan fingerprint density at radius 3 is 2.50 bits per heavy atom. The first kappa shape index (κ1) is 26.6. The Hall–Kier alpha value is -3.61. The fourth-order valence-corrected chi connectivity index (χ4v) is 7.05. The van der Waals surface area contributed by atoms with Gasteiger partial charge in [0.15, 0.2) is 0 Å². The van der Waals surface area contributed by atoms with Crippen molar-refractivity contribution in [1.29, 1.82) is 5.26 Å². The summed E-state index contributed by atoms with van der Waals surface area (Å²) in [5.74, 6) is 0.325. The summed E-state index contributed by atoms with van der Waals surface area (Å²) in [4.78, 5) is 27.6. The highest BCUT2D eigenvalue weighted by atomic mass is 32.1. The molecule has 40 heavy (non-hydrogen) atoms. The number of hydrogen-bond acceptors (Lipinski definition) is 7. The molecule has 0 spiro atoms. The van der Waals surface area contributed by atoms with Gasteiger partial charge in [0, 0.05) is 49.6 Å². The molecule has 1 saturated heterocycles. The molecule has 9 heteroatoms. The number of rotatable bonds is 7. The van der Waals surface area contributed by atoms with Gasteiger partial charge < -0.3 is 9.47 Å². The molecule has 6 rings (SSSR count). The number of thiazole rings is 1. The van der Waals surface area contributed by atoms with Crippen LogP contribution in [0.25, 0.3) is 11.0 Å². The van der Waals surface area contributed by atoms with Crippen LogP contribution < -0.4 is 10.5 Å². The van der Waals surface area contributed by atoms with E-state index in [9.17, 15) is 14.4 Å². The van der Waals surface area contributed by atoms with E-state index in [1.165, 1.54) is 30.7 Å². The van der Waals surface area contributed by atoms with Crippen molar-refractivity contribution in [2.24, 2.45) is 7.05 Å². The number of piperazine rings is 1.